The first-order valence-corrected chi connectivity index (χ1v) is 6.56. The summed E-state index contributed by atoms with van der Waals surface area (Å²) in [6.45, 7) is 8.99. The van der Waals surface area contributed by atoms with Gasteiger partial charge in [0.2, 0.25) is 0 Å². The highest BCUT2D eigenvalue weighted by atomic mass is 16.5. The number of hydrogen-bond acceptors (Lipinski definition) is 1. The van der Waals surface area contributed by atoms with Crippen molar-refractivity contribution in [3.8, 4) is 0 Å². The average Bonchev–Trinajstić information content (AvgIpc) is 2.73. The van der Waals surface area contributed by atoms with Crippen molar-refractivity contribution in [1.82, 2.24) is 0 Å². The molecule has 0 heterocycles. The van der Waals surface area contributed by atoms with Gasteiger partial charge < -0.3 is 4.74 Å². The van der Waals surface area contributed by atoms with E-state index in [1.165, 1.54) is 36.0 Å². The smallest absolute Gasteiger partial charge is 0.0950 e. The van der Waals surface area contributed by atoms with Crippen molar-refractivity contribution in [2.24, 2.45) is 5.41 Å². The van der Waals surface area contributed by atoms with Crippen molar-refractivity contribution in [3.63, 3.8) is 0 Å². The van der Waals surface area contributed by atoms with Gasteiger partial charge in [0.15, 0.2) is 0 Å². The third-order valence-corrected chi connectivity index (χ3v) is 4.50. The molecule has 1 aliphatic rings. The zero-order valence-electron chi connectivity index (χ0n) is 11.8. The zero-order chi connectivity index (χ0) is 12.7. The molecule has 0 aliphatic heterocycles. The van der Waals surface area contributed by atoms with Crippen LogP contribution in [-0.2, 0) is 23.2 Å². The number of rotatable bonds is 2. The maximum absolute atomic E-state index is 5.91. The van der Waals surface area contributed by atoms with E-state index in [4.69, 9.17) is 4.74 Å². The first-order valence-electron chi connectivity index (χ1n) is 6.56. The van der Waals surface area contributed by atoms with Gasteiger partial charge in [-0.2, -0.15) is 0 Å². The summed E-state index contributed by atoms with van der Waals surface area (Å²) in [5.41, 5.74) is 4.34. The van der Waals surface area contributed by atoms with Gasteiger partial charge in [0.05, 0.1) is 5.60 Å². The second-order valence-electron chi connectivity index (χ2n) is 6.28. The fourth-order valence-corrected chi connectivity index (χ4v) is 2.89. The van der Waals surface area contributed by atoms with Gasteiger partial charge in [0.1, 0.15) is 0 Å². The lowest BCUT2D eigenvalue weighted by Crippen LogP contribution is -2.39. The monoisotopic (exact) mass is 232 g/mol. The molecule has 2 rings (SSSR count). The molecule has 1 heteroatoms. The normalized spacial score (nSPS) is 18.9. The van der Waals surface area contributed by atoms with Crippen molar-refractivity contribution >= 4 is 0 Å². The van der Waals surface area contributed by atoms with Crippen LogP contribution in [0.3, 0.4) is 0 Å². The van der Waals surface area contributed by atoms with Crippen LogP contribution in [0.1, 0.15) is 50.8 Å². The molecule has 0 bridgehead atoms. The lowest BCUT2D eigenvalue weighted by Gasteiger charge is -2.42. The molecule has 1 aliphatic carbocycles. The average molecular weight is 232 g/mol. The van der Waals surface area contributed by atoms with Gasteiger partial charge >= 0.3 is 0 Å². The Kier molecular flexibility index (Phi) is 3.07. The topological polar surface area (TPSA) is 9.23 Å². The van der Waals surface area contributed by atoms with E-state index in [9.17, 15) is 0 Å². The summed E-state index contributed by atoms with van der Waals surface area (Å²) in [6.07, 6.45) is 3.73. The Morgan fingerprint density at radius 3 is 2.35 bits per heavy atom. The van der Waals surface area contributed by atoms with E-state index < -0.39 is 0 Å². The Bertz CT molecular complexity index is 414. The number of hydrogen-bond donors (Lipinski definition) is 0. The summed E-state index contributed by atoms with van der Waals surface area (Å²) >= 11 is 0. The van der Waals surface area contributed by atoms with Gasteiger partial charge in [0, 0.05) is 7.11 Å². The van der Waals surface area contributed by atoms with Crippen molar-refractivity contribution in [2.75, 3.05) is 7.11 Å². The van der Waals surface area contributed by atoms with Gasteiger partial charge in [-0.15, -0.1) is 0 Å². The molecule has 17 heavy (non-hydrogen) atoms. The third kappa shape index (κ3) is 1.91. The maximum Gasteiger partial charge on any atom is 0.0950 e. The molecule has 0 spiro atoms. The molecule has 0 N–H and O–H groups in total. The maximum atomic E-state index is 5.91. The molecular weight excluding hydrogens is 208 g/mol. The fraction of sp³-hybridized carbons (Fsp3) is 0.625. The zero-order valence-corrected chi connectivity index (χ0v) is 11.8. The van der Waals surface area contributed by atoms with Crippen molar-refractivity contribution in [3.05, 3.63) is 34.9 Å². The predicted molar refractivity (Wildman–Crippen MR) is 72.3 cm³/mol. The standard InChI is InChI=1S/C16H24O/c1-15(2,3)16(4,17-5)14-11-7-9-12-8-6-10-13(12)14/h7,9,11H,6,8,10H2,1-5H3. The molecule has 1 aromatic carbocycles. The molecule has 0 saturated carbocycles. The minimum absolute atomic E-state index is 0.0967. The quantitative estimate of drug-likeness (QED) is 0.746. The summed E-state index contributed by atoms with van der Waals surface area (Å²) in [7, 11) is 1.83. The minimum Gasteiger partial charge on any atom is -0.373 e. The summed E-state index contributed by atoms with van der Waals surface area (Å²) in [5.74, 6) is 0. The Morgan fingerprint density at radius 1 is 1.06 bits per heavy atom. The van der Waals surface area contributed by atoms with Gasteiger partial charge in [-0.25, -0.2) is 0 Å². The molecule has 0 fully saturated rings. The van der Waals surface area contributed by atoms with Gasteiger partial charge in [-0.3, -0.25) is 0 Å². The lowest BCUT2D eigenvalue weighted by atomic mass is 9.71. The second-order valence-corrected chi connectivity index (χ2v) is 6.28. The Balaban J connectivity index is 2.56. The van der Waals surface area contributed by atoms with E-state index in [0.29, 0.717) is 0 Å². The van der Waals surface area contributed by atoms with E-state index in [1.54, 1.807) is 0 Å². The highest BCUT2D eigenvalue weighted by Gasteiger charge is 2.41. The van der Waals surface area contributed by atoms with Crippen LogP contribution in [0, 0.1) is 5.41 Å². The van der Waals surface area contributed by atoms with Crippen LogP contribution in [0.4, 0.5) is 0 Å². The Morgan fingerprint density at radius 2 is 1.76 bits per heavy atom. The molecule has 1 aromatic rings. The van der Waals surface area contributed by atoms with E-state index in [1.807, 2.05) is 7.11 Å². The SMILES string of the molecule is COC(C)(c1cccc2c1CCC2)C(C)(C)C. The van der Waals surface area contributed by atoms with E-state index in [0.717, 1.165) is 0 Å². The van der Waals surface area contributed by atoms with Gasteiger partial charge in [0.25, 0.3) is 0 Å². The second kappa shape index (κ2) is 4.13. The number of fused-ring (bicyclic) bond motifs is 1. The van der Waals surface area contributed by atoms with Crippen LogP contribution in [0.2, 0.25) is 0 Å². The molecule has 1 unspecified atom stereocenters. The van der Waals surface area contributed by atoms with Crippen LogP contribution >= 0.6 is 0 Å². The third-order valence-electron chi connectivity index (χ3n) is 4.50. The summed E-state index contributed by atoms with van der Waals surface area (Å²) in [5, 5.41) is 0. The molecule has 0 amide bonds. The van der Waals surface area contributed by atoms with Crippen LogP contribution in [0.15, 0.2) is 18.2 Å². The predicted octanol–water partition coefficient (Wildman–Crippen LogP) is 4.08. The number of benzene rings is 1. The molecule has 0 radical (unpaired) electrons. The largest absolute Gasteiger partial charge is 0.373 e. The molecule has 1 atom stereocenters. The first-order chi connectivity index (χ1) is 7.90. The molecule has 1 nitrogen and oxygen atoms in total. The fourth-order valence-electron chi connectivity index (χ4n) is 2.89. The van der Waals surface area contributed by atoms with Crippen molar-refractivity contribution in [1.29, 1.82) is 0 Å². The Labute approximate surface area is 105 Å². The molecule has 0 aromatic heterocycles. The summed E-state index contributed by atoms with van der Waals surface area (Å²) in [6, 6.07) is 6.70. The lowest BCUT2D eigenvalue weighted by molar-refractivity contribution is -0.0842. The van der Waals surface area contributed by atoms with Crippen LogP contribution < -0.4 is 0 Å². The molecule has 94 valence electrons. The molecular formula is C16H24O. The number of methoxy groups -OCH3 is 1. The number of ether oxygens (including phenoxy) is 1. The highest BCUT2D eigenvalue weighted by Crippen LogP contribution is 2.45. The minimum atomic E-state index is -0.206. The first kappa shape index (κ1) is 12.6. The van der Waals surface area contributed by atoms with Crippen LogP contribution in [0.25, 0.3) is 0 Å². The van der Waals surface area contributed by atoms with Gasteiger partial charge in [-0.1, -0.05) is 39.0 Å². The van der Waals surface area contributed by atoms with E-state index in [-0.39, 0.29) is 11.0 Å². The summed E-state index contributed by atoms with van der Waals surface area (Å²) < 4.78 is 5.91. The van der Waals surface area contributed by atoms with Crippen molar-refractivity contribution < 1.29 is 4.74 Å². The Hall–Kier alpha value is -0.820. The van der Waals surface area contributed by atoms with Crippen LogP contribution in [0.5, 0.6) is 0 Å². The van der Waals surface area contributed by atoms with Gasteiger partial charge in [-0.05, 0) is 48.3 Å². The number of aryl methyl sites for hydroxylation is 1. The highest BCUT2D eigenvalue weighted by molar-refractivity contribution is 5.42. The van der Waals surface area contributed by atoms with Crippen LogP contribution in [-0.4, -0.2) is 7.11 Å². The van der Waals surface area contributed by atoms with E-state index in [2.05, 4.69) is 45.9 Å². The van der Waals surface area contributed by atoms with Crippen molar-refractivity contribution in [2.45, 2.75) is 52.6 Å². The summed E-state index contributed by atoms with van der Waals surface area (Å²) in [4.78, 5) is 0. The van der Waals surface area contributed by atoms with E-state index >= 15 is 0 Å². The molecule has 0 saturated heterocycles.